The molecular weight excluding hydrogens is 362 g/mol. The normalized spacial score (nSPS) is 12.7. The van der Waals surface area contributed by atoms with Crippen LogP contribution in [-0.4, -0.2) is 0 Å². The quantitative estimate of drug-likeness (QED) is 0.813. The van der Waals surface area contributed by atoms with E-state index in [1.54, 1.807) is 11.3 Å². The van der Waals surface area contributed by atoms with E-state index in [0.29, 0.717) is 0 Å². The Balaban J connectivity index is 2.43. The minimum atomic E-state index is -0.0666. The highest BCUT2D eigenvalue weighted by Crippen LogP contribution is 2.37. The number of nitrogens with two attached hydrogens (primary N) is 1. The molecule has 0 amide bonds. The third kappa shape index (κ3) is 2.81. The standard InChI is InChI=1S/C13H13Br2NS/c1-2-8-5-3-4-6-9(8)12(16)10-7-11(14)17-13(10)15/h3-7,12H,2,16H2,1H3. The van der Waals surface area contributed by atoms with E-state index in [-0.39, 0.29) is 6.04 Å². The summed E-state index contributed by atoms with van der Waals surface area (Å²) in [7, 11) is 0. The Kier molecular flexibility index (Phi) is 4.42. The molecule has 0 aliphatic rings. The zero-order valence-electron chi connectivity index (χ0n) is 9.41. The average Bonchev–Trinajstić information content (AvgIpc) is 2.67. The first kappa shape index (κ1) is 13.3. The molecule has 1 heterocycles. The van der Waals surface area contributed by atoms with Gasteiger partial charge in [-0.1, -0.05) is 31.2 Å². The van der Waals surface area contributed by atoms with Gasteiger partial charge in [-0.2, -0.15) is 0 Å². The monoisotopic (exact) mass is 373 g/mol. The van der Waals surface area contributed by atoms with Crippen molar-refractivity contribution in [1.82, 2.24) is 0 Å². The molecule has 1 unspecified atom stereocenters. The van der Waals surface area contributed by atoms with Gasteiger partial charge in [0.15, 0.2) is 0 Å². The Labute approximate surface area is 122 Å². The molecule has 0 fully saturated rings. The van der Waals surface area contributed by atoms with Crippen molar-refractivity contribution in [3.05, 3.63) is 54.6 Å². The second-order valence-corrected chi connectivity index (χ2v) is 7.56. The summed E-state index contributed by atoms with van der Waals surface area (Å²) in [4.78, 5) is 0. The van der Waals surface area contributed by atoms with E-state index in [1.165, 1.54) is 11.1 Å². The minimum Gasteiger partial charge on any atom is -0.320 e. The summed E-state index contributed by atoms with van der Waals surface area (Å²) in [5.74, 6) is 0. The molecule has 2 rings (SSSR count). The van der Waals surface area contributed by atoms with E-state index in [1.807, 2.05) is 6.07 Å². The zero-order valence-corrected chi connectivity index (χ0v) is 13.4. The van der Waals surface area contributed by atoms with E-state index in [9.17, 15) is 0 Å². The smallest absolute Gasteiger partial charge is 0.0761 e. The minimum absolute atomic E-state index is 0.0666. The second-order valence-electron chi connectivity index (χ2n) is 3.81. The largest absolute Gasteiger partial charge is 0.320 e. The highest BCUT2D eigenvalue weighted by Gasteiger charge is 2.17. The van der Waals surface area contributed by atoms with Crippen LogP contribution in [0.15, 0.2) is 37.9 Å². The molecule has 0 bridgehead atoms. The lowest BCUT2D eigenvalue weighted by Gasteiger charge is -2.15. The van der Waals surface area contributed by atoms with Gasteiger partial charge in [-0.15, -0.1) is 11.3 Å². The number of rotatable bonds is 3. The molecule has 0 aliphatic carbocycles. The molecule has 0 saturated heterocycles. The first-order valence-corrected chi connectivity index (χ1v) is 7.81. The predicted molar refractivity (Wildman–Crippen MR) is 81.6 cm³/mol. The van der Waals surface area contributed by atoms with Crippen LogP contribution in [0, 0.1) is 0 Å². The van der Waals surface area contributed by atoms with Crippen molar-refractivity contribution in [2.45, 2.75) is 19.4 Å². The average molecular weight is 375 g/mol. The lowest BCUT2D eigenvalue weighted by molar-refractivity contribution is 0.850. The number of aryl methyl sites for hydroxylation is 1. The van der Waals surface area contributed by atoms with Gasteiger partial charge in [0.25, 0.3) is 0 Å². The number of thiophene rings is 1. The molecular formula is C13H13Br2NS. The van der Waals surface area contributed by atoms with E-state index in [0.717, 1.165) is 19.6 Å². The molecule has 2 aromatic rings. The molecule has 1 aromatic heterocycles. The maximum Gasteiger partial charge on any atom is 0.0761 e. The van der Waals surface area contributed by atoms with Crippen LogP contribution in [-0.2, 0) is 6.42 Å². The van der Waals surface area contributed by atoms with Crippen molar-refractivity contribution in [3.8, 4) is 0 Å². The van der Waals surface area contributed by atoms with Crippen LogP contribution in [0.1, 0.15) is 29.7 Å². The fraction of sp³-hybridized carbons (Fsp3) is 0.231. The van der Waals surface area contributed by atoms with Gasteiger partial charge in [-0.25, -0.2) is 0 Å². The predicted octanol–water partition coefficient (Wildman–Crippen LogP) is 4.88. The molecule has 2 N–H and O–H groups in total. The summed E-state index contributed by atoms with van der Waals surface area (Å²) < 4.78 is 2.20. The van der Waals surface area contributed by atoms with Crippen LogP contribution in [0.5, 0.6) is 0 Å². The Morgan fingerprint density at radius 1 is 1.24 bits per heavy atom. The van der Waals surface area contributed by atoms with Crippen molar-refractivity contribution in [1.29, 1.82) is 0 Å². The van der Waals surface area contributed by atoms with Crippen molar-refractivity contribution >= 4 is 43.2 Å². The van der Waals surface area contributed by atoms with Crippen molar-refractivity contribution in [3.63, 3.8) is 0 Å². The van der Waals surface area contributed by atoms with Crippen LogP contribution in [0.3, 0.4) is 0 Å². The van der Waals surface area contributed by atoms with Gasteiger partial charge < -0.3 is 5.73 Å². The molecule has 1 nitrogen and oxygen atoms in total. The van der Waals surface area contributed by atoms with Crippen molar-refractivity contribution < 1.29 is 0 Å². The van der Waals surface area contributed by atoms with Gasteiger partial charge in [0, 0.05) is 0 Å². The molecule has 0 saturated carbocycles. The molecule has 0 aliphatic heterocycles. The number of benzene rings is 1. The maximum absolute atomic E-state index is 6.36. The van der Waals surface area contributed by atoms with Gasteiger partial charge in [-0.3, -0.25) is 0 Å². The van der Waals surface area contributed by atoms with Crippen molar-refractivity contribution in [2.24, 2.45) is 5.73 Å². The Morgan fingerprint density at radius 3 is 2.53 bits per heavy atom. The fourth-order valence-electron chi connectivity index (χ4n) is 1.89. The molecule has 4 heteroatoms. The van der Waals surface area contributed by atoms with Gasteiger partial charge >= 0.3 is 0 Å². The Hall–Kier alpha value is -0.160. The summed E-state index contributed by atoms with van der Waals surface area (Å²) in [6.07, 6.45) is 1.01. The summed E-state index contributed by atoms with van der Waals surface area (Å²) >= 11 is 8.72. The highest BCUT2D eigenvalue weighted by atomic mass is 79.9. The molecule has 0 spiro atoms. The van der Waals surface area contributed by atoms with Crippen LogP contribution in [0.4, 0.5) is 0 Å². The van der Waals surface area contributed by atoms with Gasteiger partial charge in [-0.05, 0) is 61.0 Å². The first-order chi connectivity index (χ1) is 8.13. The van der Waals surface area contributed by atoms with E-state index >= 15 is 0 Å². The van der Waals surface area contributed by atoms with E-state index in [4.69, 9.17) is 5.73 Å². The van der Waals surface area contributed by atoms with Gasteiger partial charge in [0.1, 0.15) is 0 Å². The van der Waals surface area contributed by atoms with Crippen LogP contribution in [0.25, 0.3) is 0 Å². The second kappa shape index (κ2) is 5.65. The van der Waals surface area contributed by atoms with Crippen LogP contribution >= 0.6 is 43.2 Å². The molecule has 17 heavy (non-hydrogen) atoms. The van der Waals surface area contributed by atoms with E-state index < -0.39 is 0 Å². The fourth-order valence-corrected chi connectivity index (χ4v) is 4.82. The zero-order chi connectivity index (χ0) is 12.4. The molecule has 90 valence electrons. The third-order valence-electron chi connectivity index (χ3n) is 2.79. The molecule has 1 aromatic carbocycles. The van der Waals surface area contributed by atoms with Crippen LogP contribution < -0.4 is 5.73 Å². The first-order valence-electron chi connectivity index (χ1n) is 5.41. The van der Waals surface area contributed by atoms with Gasteiger partial charge in [0.05, 0.1) is 13.6 Å². The number of halogens is 2. The lowest BCUT2D eigenvalue weighted by atomic mass is 9.96. The van der Waals surface area contributed by atoms with Crippen molar-refractivity contribution in [2.75, 3.05) is 0 Å². The summed E-state index contributed by atoms with van der Waals surface area (Å²) in [6.45, 7) is 2.16. The summed E-state index contributed by atoms with van der Waals surface area (Å²) in [5.41, 5.74) is 10.0. The molecule has 1 atom stereocenters. The summed E-state index contributed by atoms with van der Waals surface area (Å²) in [6, 6.07) is 10.4. The molecule has 0 radical (unpaired) electrons. The third-order valence-corrected chi connectivity index (χ3v) is 5.17. The van der Waals surface area contributed by atoms with Crippen LogP contribution in [0.2, 0.25) is 0 Å². The Morgan fingerprint density at radius 2 is 1.94 bits per heavy atom. The van der Waals surface area contributed by atoms with Gasteiger partial charge in [0.2, 0.25) is 0 Å². The number of hydrogen-bond acceptors (Lipinski definition) is 2. The highest BCUT2D eigenvalue weighted by molar-refractivity contribution is 9.12. The SMILES string of the molecule is CCc1ccccc1C(N)c1cc(Br)sc1Br. The topological polar surface area (TPSA) is 26.0 Å². The summed E-state index contributed by atoms with van der Waals surface area (Å²) in [5, 5.41) is 0. The lowest BCUT2D eigenvalue weighted by Crippen LogP contribution is -2.13. The maximum atomic E-state index is 6.36. The number of hydrogen-bond donors (Lipinski definition) is 1. The van der Waals surface area contributed by atoms with E-state index in [2.05, 4.69) is 63.0 Å². The Bertz CT molecular complexity index is 522.